The zero-order chi connectivity index (χ0) is 17.9. The molecule has 5 nitrogen and oxygen atoms in total. The summed E-state index contributed by atoms with van der Waals surface area (Å²) in [5.74, 6) is -0.371. The van der Waals surface area contributed by atoms with Crippen LogP contribution in [0.4, 0.5) is 5.69 Å². The van der Waals surface area contributed by atoms with Crippen LogP contribution >= 0.6 is 11.6 Å². The van der Waals surface area contributed by atoms with Gasteiger partial charge in [-0.3, -0.25) is 9.52 Å². The number of sulfonamides is 1. The standard InChI is InChI=1S/C17H19ClN2O3S/c1-12-6-4-5-7-13(12)11-24(22,23)19-14-8-9-15(16(18)10-14)17(21)20(2)3/h4-10,19H,11H2,1-3H3. The number of aryl methyl sites for hydroxylation is 1. The predicted molar refractivity (Wildman–Crippen MR) is 96.9 cm³/mol. The number of anilines is 1. The summed E-state index contributed by atoms with van der Waals surface area (Å²) in [7, 11) is -0.335. The summed E-state index contributed by atoms with van der Waals surface area (Å²) in [6.45, 7) is 1.86. The molecule has 0 atom stereocenters. The molecule has 7 heteroatoms. The minimum atomic E-state index is -3.58. The van der Waals surface area contributed by atoms with Gasteiger partial charge in [0.25, 0.3) is 5.91 Å². The van der Waals surface area contributed by atoms with Crippen LogP contribution < -0.4 is 4.72 Å². The van der Waals surface area contributed by atoms with Crippen LogP contribution in [0.3, 0.4) is 0 Å². The molecule has 24 heavy (non-hydrogen) atoms. The van der Waals surface area contributed by atoms with Gasteiger partial charge in [0.1, 0.15) is 0 Å². The lowest BCUT2D eigenvalue weighted by Gasteiger charge is -2.13. The molecule has 0 heterocycles. The molecule has 128 valence electrons. The highest BCUT2D eigenvalue weighted by atomic mass is 35.5. The van der Waals surface area contributed by atoms with Gasteiger partial charge in [-0.1, -0.05) is 35.9 Å². The molecule has 0 unspecified atom stereocenters. The Morgan fingerprint density at radius 2 is 1.83 bits per heavy atom. The number of hydrogen-bond donors (Lipinski definition) is 1. The van der Waals surface area contributed by atoms with Crippen LogP contribution in [0.2, 0.25) is 5.02 Å². The van der Waals surface area contributed by atoms with Crippen molar-refractivity contribution in [2.75, 3.05) is 18.8 Å². The third kappa shape index (κ3) is 4.49. The Kier molecular flexibility index (Phi) is 5.51. The number of carbonyl (C=O) groups is 1. The van der Waals surface area contributed by atoms with Gasteiger partial charge in [0.15, 0.2) is 0 Å². The molecule has 0 saturated heterocycles. The van der Waals surface area contributed by atoms with Crippen LogP contribution in [-0.4, -0.2) is 33.3 Å². The lowest BCUT2D eigenvalue weighted by atomic mass is 10.1. The van der Waals surface area contributed by atoms with Crippen molar-refractivity contribution in [1.29, 1.82) is 0 Å². The Morgan fingerprint density at radius 1 is 1.17 bits per heavy atom. The highest BCUT2D eigenvalue weighted by Gasteiger charge is 2.16. The lowest BCUT2D eigenvalue weighted by molar-refractivity contribution is 0.0828. The fourth-order valence-corrected chi connectivity index (χ4v) is 3.74. The van der Waals surface area contributed by atoms with Crippen molar-refractivity contribution in [1.82, 2.24) is 4.90 Å². The van der Waals surface area contributed by atoms with Gasteiger partial charge in [-0.05, 0) is 36.2 Å². The topological polar surface area (TPSA) is 66.5 Å². The van der Waals surface area contributed by atoms with Crippen molar-refractivity contribution < 1.29 is 13.2 Å². The first-order valence-corrected chi connectivity index (χ1v) is 9.29. The van der Waals surface area contributed by atoms with Crippen LogP contribution in [0.25, 0.3) is 0 Å². The number of nitrogens with zero attached hydrogens (tertiary/aromatic N) is 1. The SMILES string of the molecule is Cc1ccccc1CS(=O)(=O)Nc1ccc(C(=O)N(C)C)c(Cl)c1. The van der Waals surface area contributed by atoms with Gasteiger partial charge in [-0.2, -0.15) is 0 Å². The van der Waals surface area contributed by atoms with Crippen LogP contribution in [0.15, 0.2) is 42.5 Å². The second kappa shape index (κ2) is 7.23. The molecule has 0 fully saturated rings. The van der Waals surface area contributed by atoms with E-state index in [4.69, 9.17) is 11.6 Å². The Hall–Kier alpha value is -2.05. The van der Waals surface area contributed by atoms with Gasteiger partial charge in [-0.25, -0.2) is 8.42 Å². The van der Waals surface area contributed by atoms with E-state index in [0.717, 1.165) is 11.1 Å². The number of halogens is 1. The Labute approximate surface area is 147 Å². The Balaban J connectivity index is 2.20. The molecule has 0 aliphatic heterocycles. The van der Waals surface area contributed by atoms with Gasteiger partial charge in [0, 0.05) is 14.1 Å². The van der Waals surface area contributed by atoms with Crippen LogP contribution in [0.1, 0.15) is 21.5 Å². The third-order valence-electron chi connectivity index (χ3n) is 3.49. The molecule has 2 aromatic carbocycles. The third-order valence-corrected chi connectivity index (χ3v) is 5.04. The zero-order valence-electron chi connectivity index (χ0n) is 13.7. The number of carbonyl (C=O) groups excluding carboxylic acids is 1. The smallest absolute Gasteiger partial charge is 0.254 e. The average molecular weight is 367 g/mol. The van der Waals surface area contributed by atoms with Gasteiger partial charge < -0.3 is 4.90 Å². The van der Waals surface area contributed by atoms with Crippen LogP contribution in [0.5, 0.6) is 0 Å². The summed E-state index contributed by atoms with van der Waals surface area (Å²) in [4.78, 5) is 13.3. The molecular formula is C17H19ClN2O3S. The fourth-order valence-electron chi connectivity index (χ4n) is 2.19. The minimum Gasteiger partial charge on any atom is -0.345 e. The predicted octanol–water partition coefficient (Wildman–Crippen LogP) is 3.29. The molecule has 0 radical (unpaired) electrons. The van der Waals surface area contributed by atoms with Crippen molar-refractivity contribution in [3.05, 3.63) is 64.2 Å². The maximum absolute atomic E-state index is 12.3. The lowest BCUT2D eigenvalue weighted by Crippen LogP contribution is -2.22. The van der Waals surface area contributed by atoms with E-state index in [-0.39, 0.29) is 16.7 Å². The normalized spacial score (nSPS) is 11.2. The van der Waals surface area contributed by atoms with Gasteiger partial charge in [-0.15, -0.1) is 0 Å². The minimum absolute atomic E-state index is 0.129. The first kappa shape index (κ1) is 18.3. The second-order valence-corrected chi connectivity index (χ2v) is 7.81. The number of nitrogens with one attached hydrogen (secondary N) is 1. The van der Waals surface area contributed by atoms with E-state index in [2.05, 4.69) is 4.72 Å². The number of amides is 1. The highest BCUT2D eigenvalue weighted by molar-refractivity contribution is 7.91. The summed E-state index contributed by atoms with van der Waals surface area (Å²) < 4.78 is 27.2. The summed E-state index contributed by atoms with van der Waals surface area (Å²) in [5.41, 5.74) is 2.29. The van der Waals surface area contributed by atoms with Crippen molar-refractivity contribution in [3.8, 4) is 0 Å². The van der Waals surface area contributed by atoms with E-state index in [1.54, 1.807) is 26.2 Å². The zero-order valence-corrected chi connectivity index (χ0v) is 15.3. The maximum Gasteiger partial charge on any atom is 0.254 e. The van der Waals surface area contributed by atoms with Crippen molar-refractivity contribution in [2.24, 2.45) is 0 Å². The molecule has 0 aliphatic carbocycles. The van der Waals surface area contributed by atoms with Gasteiger partial charge >= 0.3 is 0 Å². The van der Waals surface area contributed by atoms with Gasteiger partial charge in [0.05, 0.1) is 22.0 Å². The van der Waals surface area contributed by atoms with E-state index < -0.39 is 10.0 Å². The van der Waals surface area contributed by atoms with E-state index >= 15 is 0 Å². The summed E-state index contributed by atoms with van der Waals surface area (Å²) in [6.07, 6.45) is 0. The van der Waals surface area contributed by atoms with Crippen molar-refractivity contribution in [2.45, 2.75) is 12.7 Å². The second-order valence-electron chi connectivity index (χ2n) is 5.68. The molecule has 1 N–H and O–H groups in total. The van der Waals surface area contributed by atoms with E-state index in [1.165, 1.54) is 23.1 Å². The van der Waals surface area contributed by atoms with Crippen molar-refractivity contribution in [3.63, 3.8) is 0 Å². The fraction of sp³-hybridized carbons (Fsp3) is 0.235. The van der Waals surface area contributed by atoms with Crippen molar-refractivity contribution >= 4 is 33.2 Å². The highest BCUT2D eigenvalue weighted by Crippen LogP contribution is 2.23. The molecule has 2 rings (SSSR count). The van der Waals surface area contributed by atoms with E-state index in [9.17, 15) is 13.2 Å². The molecule has 1 amide bonds. The summed E-state index contributed by atoms with van der Waals surface area (Å²) >= 11 is 6.10. The number of rotatable bonds is 5. The molecule has 2 aromatic rings. The Bertz CT molecular complexity index is 864. The number of hydrogen-bond acceptors (Lipinski definition) is 3. The molecule has 0 aliphatic rings. The monoisotopic (exact) mass is 366 g/mol. The van der Waals surface area contributed by atoms with E-state index in [0.29, 0.717) is 11.3 Å². The summed E-state index contributed by atoms with van der Waals surface area (Å²) in [5, 5.41) is 0.199. The van der Waals surface area contributed by atoms with E-state index in [1.807, 2.05) is 19.1 Å². The molecule has 0 spiro atoms. The quantitative estimate of drug-likeness (QED) is 0.882. The van der Waals surface area contributed by atoms with Crippen LogP contribution in [0, 0.1) is 6.92 Å². The molecule has 0 bridgehead atoms. The molecular weight excluding hydrogens is 348 g/mol. The maximum atomic E-state index is 12.3. The Morgan fingerprint density at radius 3 is 2.42 bits per heavy atom. The van der Waals surface area contributed by atoms with Gasteiger partial charge in [0.2, 0.25) is 10.0 Å². The average Bonchev–Trinajstić information content (AvgIpc) is 2.48. The molecule has 0 saturated carbocycles. The first-order valence-electron chi connectivity index (χ1n) is 7.26. The molecule has 0 aromatic heterocycles. The first-order chi connectivity index (χ1) is 11.2. The largest absolute Gasteiger partial charge is 0.345 e. The summed E-state index contributed by atoms with van der Waals surface area (Å²) in [6, 6.07) is 11.8. The van der Waals surface area contributed by atoms with Crippen LogP contribution in [-0.2, 0) is 15.8 Å². The number of benzene rings is 2.